The van der Waals surface area contributed by atoms with Crippen molar-refractivity contribution in [1.29, 1.82) is 0 Å². The zero-order valence-electron chi connectivity index (χ0n) is 22.6. The number of likely N-dealkylation sites (tertiary alicyclic amines) is 1. The van der Waals surface area contributed by atoms with Crippen molar-refractivity contribution in [2.45, 2.75) is 32.1 Å². The summed E-state index contributed by atoms with van der Waals surface area (Å²) in [7, 11) is 4.06. The van der Waals surface area contributed by atoms with Gasteiger partial charge in [0.25, 0.3) is 5.91 Å². The molecule has 0 radical (unpaired) electrons. The van der Waals surface area contributed by atoms with Gasteiger partial charge < -0.3 is 14.5 Å². The monoisotopic (exact) mass is 510 g/mol. The lowest BCUT2D eigenvalue weighted by atomic mass is 9.87. The Kier molecular flexibility index (Phi) is 9.88. The molecule has 1 heterocycles. The topological polar surface area (TPSA) is 49.9 Å². The Morgan fingerprint density at radius 3 is 1.95 bits per heavy atom. The Labute approximate surface area is 226 Å². The molecule has 0 atom stereocenters. The zero-order chi connectivity index (χ0) is 26.7. The second-order valence-electron chi connectivity index (χ2n) is 10.0. The highest BCUT2D eigenvalue weighted by atomic mass is 16.5. The SMILES string of the molecule is CN(C)CCOc1ccc(/C(=C(/CCCC(=O)C(=O)N2CCCC2)c2ccccc2)c2ccccc2)cc1. The van der Waals surface area contributed by atoms with Gasteiger partial charge in [-0.15, -0.1) is 0 Å². The van der Waals surface area contributed by atoms with Gasteiger partial charge in [0.05, 0.1) is 0 Å². The predicted octanol–water partition coefficient (Wildman–Crippen LogP) is 5.95. The van der Waals surface area contributed by atoms with E-state index in [1.54, 1.807) is 4.90 Å². The Morgan fingerprint density at radius 1 is 0.763 bits per heavy atom. The minimum atomic E-state index is -0.319. The first-order valence-corrected chi connectivity index (χ1v) is 13.6. The summed E-state index contributed by atoms with van der Waals surface area (Å²) in [6, 6.07) is 29.0. The van der Waals surface area contributed by atoms with E-state index in [2.05, 4.69) is 53.4 Å². The zero-order valence-corrected chi connectivity index (χ0v) is 22.6. The molecule has 38 heavy (non-hydrogen) atoms. The van der Waals surface area contributed by atoms with Crippen LogP contribution in [-0.2, 0) is 9.59 Å². The summed E-state index contributed by atoms with van der Waals surface area (Å²) < 4.78 is 5.93. The van der Waals surface area contributed by atoms with Gasteiger partial charge in [-0.25, -0.2) is 0 Å². The van der Waals surface area contributed by atoms with Gasteiger partial charge in [-0.3, -0.25) is 9.59 Å². The van der Waals surface area contributed by atoms with Crippen molar-refractivity contribution < 1.29 is 14.3 Å². The van der Waals surface area contributed by atoms with Gasteiger partial charge in [-0.2, -0.15) is 0 Å². The normalized spacial score (nSPS) is 13.9. The molecular formula is C33H38N2O3. The quantitative estimate of drug-likeness (QED) is 0.223. The van der Waals surface area contributed by atoms with E-state index in [9.17, 15) is 9.59 Å². The van der Waals surface area contributed by atoms with Crippen molar-refractivity contribution in [2.75, 3.05) is 40.3 Å². The van der Waals surface area contributed by atoms with Gasteiger partial charge in [-0.05, 0) is 79.7 Å². The molecule has 0 aromatic heterocycles. The van der Waals surface area contributed by atoms with Crippen molar-refractivity contribution in [2.24, 2.45) is 0 Å². The Hall–Kier alpha value is -3.70. The Morgan fingerprint density at radius 2 is 1.34 bits per heavy atom. The molecule has 0 N–H and O–H groups in total. The summed E-state index contributed by atoms with van der Waals surface area (Å²) in [5, 5.41) is 0. The minimum Gasteiger partial charge on any atom is -0.492 e. The van der Waals surface area contributed by atoms with Crippen LogP contribution in [0, 0.1) is 0 Å². The fraction of sp³-hybridized carbons (Fsp3) is 0.333. The first-order chi connectivity index (χ1) is 18.5. The lowest BCUT2D eigenvalue weighted by Gasteiger charge is -2.18. The van der Waals surface area contributed by atoms with Crippen LogP contribution in [0.1, 0.15) is 48.8 Å². The van der Waals surface area contributed by atoms with Crippen LogP contribution in [0.3, 0.4) is 0 Å². The van der Waals surface area contributed by atoms with Crippen molar-refractivity contribution >= 4 is 22.8 Å². The molecule has 0 bridgehead atoms. The highest BCUT2D eigenvalue weighted by Gasteiger charge is 2.24. The van der Waals surface area contributed by atoms with E-state index < -0.39 is 0 Å². The number of Topliss-reactive ketones (excluding diaryl/α,β-unsaturated/α-hetero) is 1. The average Bonchev–Trinajstić information content (AvgIpc) is 3.49. The molecule has 3 aromatic carbocycles. The second kappa shape index (κ2) is 13.7. The van der Waals surface area contributed by atoms with E-state index >= 15 is 0 Å². The van der Waals surface area contributed by atoms with E-state index in [0.29, 0.717) is 32.5 Å². The first kappa shape index (κ1) is 27.3. The molecule has 4 rings (SSSR count). The van der Waals surface area contributed by atoms with Crippen LogP contribution in [0.2, 0.25) is 0 Å². The summed E-state index contributed by atoms with van der Waals surface area (Å²) in [5.74, 6) is 0.246. The van der Waals surface area contributed by atoms with Gasteiger partial charge in [0.2, 0.25) is 5.78 Å². The molecule has 5 nitrogen and oxygen atoms in total. The number of hydrogen-bond donors (Lipinski definition) is 0. The van der Waals surface area contributed by atoms with Gasteiger partial charge >= 0.3 is 0 Å². The number of rotatable bonds is 12. The van der Waals surface area contributed by atoms with E-state index in [4.69, 9.17) is 4.74 Å². The molecule has 1 aliphatic rings. The third-order valence-electron chi connectivity index (χ3n) is 6.90. The van der Waals surface area contributed by atoms with Crippen LogP contribution in [0.25, 0.3) is 11.1 Å². The summed E-state index contributed by atoms with van der Waals surface area (Å²) >= 11 is 0. The van der Waals surface area contributed by atoms with Crippen LogP contribution in [0.4, 0.5) is 0 Å². The summed E-state index contributed by atoms with van der Waals surface area (Å²) in [6.07, 6.45) is 3.53. The second-order valence-corrected chi connectivity index (χ2v) is 10.0. The van der Waals surface area contributed by atoms with Crippen LogP contribution in [0.15, 0.2) is 84.9 Å². The molecule has 0 saturated carbocycles. The van der Waals surface area contributed by atoms with Gasteiger partial charge in [0.15, 0.2) is 0 Å². The fourth-order valence-electron chi connectivity index (χ4n) is 4.87. The molecule has 1 aliphatic heterocycles. The smallest absolute Gasteiger partial charge is 0.289 e. The minimum absolute atomic E-state index is 0.256. The van der Waals surface area contributed by atoms with Crippen molar-refractivity contribution in [3.63, 3.8) is 0 Å². The van der Waals surface area contributed by atoms with Crippen LogP contribution < -0.4 is 4.74 Å². The molecule has 3 aromatic rings. The van der Waals surface area contributed by atoms with Crippen molar-refractivity contribution in [3.8, 4) is 5.75 Å². The number of likely N-dealkylation sites (N-methyl/N-ethyl adjacent to an activating group) is 1. The summed E-state index contributed by atoms with van der Waals surface area (Å²) in [5.41, 5.74) is 5.63. The number of hydrogen-bond acceptors (Lipinski definition) is 4. The predicted molar refractivity (Wildman–Crippen MR) is 154 cm³/mol. The third-order valence-corrected chi connectivity index (χ3v) is 6.90. The number of benzene rings is 3. The van der Waals surface area contributed by atoms with E-state index in [-0.39, 0.29) is 18.1 Å². The van der Waals surface area contributed by atoms with Crippen LogP contribution in [-0.4, -0.2) is 61.8 Å². The summed E-state index contributed by atoms with van der Waals surface area (Å²) in [4.78, 5) is 29.1. The maximum atomic E-state index is 12.7. The number of carbonyl (C=O) groups excluding carboxylic acids is 2. The van der Waals surface area contributed by atoms with Crippen LogP contribution >= 0.6 is 0 Å². The Bertz CT molecular complexity index is 1210. The maximum Gasteiger partial charge on any atom is 0.289 e. The van der Waals surface area contributed by atoms with Gasteiger partial charge in [0, 0.05) is 26.1 Å². The van der Waals surface area contributed by atoms with Gasteiger partial charge in [0.1, 0.15) is 12.4 Å². The Balaban J connectivity index is 1.63. The number of allylic oxidation sites excluding steroid dienone is 1. The standard InChI is InChI=1S/C33H38N2O3/c1-34(2)24-25-38-29-20-18-28(19-21-29)32(27-14-7-4-8-15-27)30(26-12-5-3-6-13-26)16-11-17-31(36)33(37)35-22-9-10-23-35/h3-8,12-15,18-21H,9-11,16-17,22-25H2,1-2H3/b32-30-. The largest absolute Gasteiger partial charge is 0.492 e. The van der Waals surface area contributed by atoms with Crippen LogP contribution in [0.5, 0.6) is 5.75 Å². The highest BCUT2D eigenvalue weighted by molar-refractivity contribution is 6.36. The molecular weight excluding hydrogens is 472 g/mol. The molecule has 0 unspecified atom stereocenters. The molecule has 0 aliphatic carbocycles. The molecule has 198 valence electrons. The molecule has 1 amide bonds. The number of carbonyl (C=O) groups is 2. The maximum absolute atomic E-state index is 12.7. The number of nitrogens with zero attached hydrogens (tertiary/aromatic N) is 2. The van der Waals surface area contributed by atoms with Crippen molar-refractivity contribution in [1.82, 2.24) is 9.80 Å². The lowest BCUT2D eigenvalue weighted by molar-refractivity contribution is -0.144. The van der Waals surface area contributed by atoms with Gasteiger partial charge in [-0.1, -0.05) is 72.8 Å². The van der Waals surface area contributed by atoms with E-state index in [1.165, 1.54) is 5.57 Å². The first-order valence-electron chi connectivity index (χ1n) is 13.6. The van der Waals surface area contributed by atoms with Crippen molar-refractivity contribution in [3.05, 3.63) is 102 Å². The number of ether oxygens (including phenoxy) is 1. The molecule has 1 saturated heterocycles. The molecule has 1 fully saturated rings. The molecule has 5 heteroatoms. The average molecular weight is 511 g/mol. The van der Waals surface area contributed by atoms with E-state index in [0.717, 1.165) is 47.4 Å². The lowest BCUT2D eigenvalue weighted by Crippen LogP contribution is -2.33. The number of amides is 1. The fourth-order valence-corrected chi connectivity index (χ4v) is 4.87. The third kappa shape index (κ3) is 7.42. The highest BCUT2D eigenvalue weighted by Crippen LogP contribution is 2.36. The summed E-state index contributed by atoms with van der Waals surface area (Å²) in [6.45, 7) is 2.89. The van der Waals surface area contributed by atoms with E-state index in [1.807, 2.05) is 50.5 Å². The number of ketones is 1. The molecule has 0 spiro atoms.